The van der Waals surface area contributed by atoms with Gasteiger partial charge in [0.2, 0.25) is 5.91 Å². The minimum Gasteiger partial charge on any atom is -0.354 e. The van der Waals surface area contributed by atoms with E-state index >= 15 is 0 Å². The topological polar surface area (TPSA) is 72.3 Å². The summed E-state index contributed by atoms with van der Waals surface area (Å²) in [6.07, 6.45) is 1.80. The molecule has 1 unspecified atom stereocenters. The van der Waals surface area contributed by atoms with Gasteiger partial charge in [-0.05, 0) is 17.5 Å². The molecule has 1 aromatic heterocycles. The second-order valence-corrected chi connectivity index (χ2v) is 6.95. The molecule has 6 heteroatoms. The third-order valence-corrected chi connectivity index (χ3v) is 4.01. The molecule has 2 rings (SSSR count). The molecule has 1 N–H and O–H groups in total. The van der Waals surface area contributed by atoms with Crippen molar-refractivity contribution in [2.45, 2.75) is 26.8 Å². The molecule has 0 aromatic carbocycles. The molecule has 1 atom stereocenters. The Morgan fingerprint density at radius 3 is 2.57 bits per heavy atom. The summed E-state index contributed by atoms with van der Waals surface area (Å²) in [6, 6.07) is 7.60. The van der Waals surface area contributed by atoms with Crippen LogP contribution in [0.1, 0.15) is 20.8 Å². The van der Waals surface area contributed by atoms with Gasteiger partial charge in [0.15, 0.2) is 0 Å². The number of nitrogens with one attached hydrogen (secondary N) is 1. The van der Waals surface area contributed by atoms with E-state index in [0.29, 0.717) is 6.54 Å². The van der Waals surface area contributed by atoms with Crippen LogP contribution in [0, 0.1) is 16.7 Å². The van der Waals surface area contributed by atoms with Crippen LogP contribution in [0.15, 0.2) is 24.4 Å². The maximum absolute atomic E-state index is 12.1. The van der Waals surface area contributed by atoms with Crippen LogP contribution in [0.2, 0.25) is 0 Å². The summed E-state index contributed by atoms with van der Waals surface area (Å²) < 4.78 is 0. The number of carbonyl (C=O) groups is 1. The highest BCUT2D eigenvalue weighted by Gasteiger charge is 2.27. The summed E-state index contributed by atoms with van der Waals surface area (Å²) in [4.78, 5) is 20.8. The molecule has 0 bridgehead atoms. The molecule has 0 radical (unpaired) electrons. The Bertz CT molecular complexity index is 553. The van der Waals surface area contributed by atoms with Crippen LogP contribution in [0.3, 0.4) is 0 Å². The number of hydrogen-bond acceptors (Lipinski definition) is 5. The number of hydrogen-bond donors (Lipinski definition) is 1. The van der Waals surface area contributed by atoms with Crippen LogP contribution in [0.5, 0.6) is 0 Å². The van der Waals surface area contributed by atoms with Crippen LogP contribution < -0.4 is 10.2 Å². The van der Waals surface area contributed by atoms with Gasteiger partial charge < -0.3 is 10.2 Å². The Balaban J connectivity index is 1.80. The monoisotopic (exact) mass is 315 g/mol. The van der Waals surface area contributed by atoms with Gasteiger partial charge in [0, 0.05) is 32.4 Å². The van der Waals surface area contributed by atoms with Gasteiger partial charge in [-0.2, -0.15) is 5.26 Å². The molecule has 0 aliphatic carbocycles. The highest BCUT2D eigenvalue weighted by Crippen LogP contribution is 2.18. The van der Waals surface area contributed by atoms with Crippen molar-refractivity contribution in [2.24, 2.45) is 5.41 Å². The van der Waals surface area contributed by atoms with E-state index in [1.54, 1.807) is 6.20 Å². The average molecular weight is 315 g/mol. The van der Waals surface area contributed by atoms with Crippen molar-refractivity contribution >= 4 is 11.7 Å². The van der Waals surface area contributed by atoms with E-state index in [4.69, 9.17) is 0 Å². The Kier molecular flexibility index (Phi) is 5.56. The molecule has 0 saturated carbocycles. The SMILES string of the molecule is CC(C)(C)C(C#N)NC(=O)CN1CCN(c2ccccn2)CC1. The average Bonchev–Trinajstić information content (AvgIpc) is 2.53. The van der Waals surface area contributed by atoms with Crippen molar-refractivity contribution < 1.29 is 4.79 Å². The lowest BCUT2D eigenvalue weighted by Crippen LogP contribution is -2.52. The van der Waals surface area contributed by atoms with E-state index in [-0.39, 0.29) is 11.3 Å². The van der Waals surface area contributed by atoms with Crippen molar-refractivity contribution in [3.63, 3.8) is 0 Å². The van der Waals surface area contributed by atoms with Crippen molar-refractivity contribution in [2.75, 3.05) is 37.6 Å². The van der Waals surface area contributed by atoms with Gasteiger partial charge in [0.05, 0.1) is 12.6 Å². The molecule has 1 fully saturated rings. The van der Waals surface area contributed by atoms with Crippen LogP contribution in [-0.2, 0) is 4.79 Å². The lowest BCUT2D eigenvalue weighted by atomic mass is 9.87. The van der Waals surface area contributed by atoms with E-state index in [9.17, 15) is 10.1 Å². The molecule has 1 aliphatic heterocycles. The van der Waals surface area contributed by atoms with Crippen LogP contribution in [0.25, 0.3) is 0 Å². The van der Waals surface area contributed by atoms with Crippen molar-refractivity contribution in [1.29, 1.82) is 5.26 Å². The first-order valence-corrected chi connectivity index (χ1v) is 7.97. The lowest BCUT2D eigenvalue weighted by molar-refractivity contribution is -0.123. The van der Waals surface area contributed by atoms with E-state index in [2.05, 4.69) is 26.2 Å². The summed E-state index contributed by atoms with van der Waals surface area (Å²) in [6.45, 7) is 9.53. The Hall–Kier alpha value is -2.13. The third-order valence-electron chi connectivity index (χ3n) is 4.01. The van der Waals surface area contributed by atoms with Gasteiger partial charge in [-0.25, -0.2) is 4.98 Å². The maximum atomic E-state index is 12.1. The maximum Gasteiger partial charge on any atom is 0.235 e. The second-order valence-electron chi connectivity index (χ2n) is 6.95. The highest BCUT2D eigenvalue weighted by atomic mass is 16.2. The van der Waals surface area contributed by atoms with Gasteiger partial charge in [0.25, 0.3) is 0 Å². The molecule has 1 saturated heterocycles. The van der Waals surface area contributed by atoms with E-state index in [1.807, 2.05) is 39.0 Å². The summed E-state index contributed by atoms with van der Waals surface area (Å²) >= 11 is 0. The largest absolute Gasteiger partial charge is 0.354 e. The minimum atomic E-state index is -0.468. The van der Waals surface area contributed by atoms with Crippen LogP contribution in [-0.4, -0.2) is 54.6 Å². The number of anilines is 1. The standard InChI is InChI=1S/C17H25N5O/c1-17(2,3)14(12-18)20-16(23)13-21-8-10-22(11-9-21)15-6-4-5-7-19-15/h4-7,14H,8-11,13H2,1-3H3,(H,20,23). The molecule has 0 spiro atoms. The predicted octanol–water partition coefficient (Wildman–Crippen LogP) is 1.26. The number of piperazine rings is 1. The smallest absolute Gasteiger partial charge is 0.235 e. The van der Waals surface area contributed by atoms with Crippen LogP contribution in [0.4, 0.5) is 5.82 Å². The highest BCUT2D eigenvalue weighted by molar-refractivity contribution is 5.78. The fourth-order valence-corrected chi connectivity index (χ4v) is 2.53. The van der Waals surface area contributed by atoms with Crippen molar-refractivity contribution in [3.8, 4) is 6.07 Å². The summed E-state index contributed by atoms with van der Waals surface area (Å²) in [5, 5.41) is 12.0. The van der Waals surface area contributed by atoms with E-state index in [1.165, 1.54) is 0 Å². The van der Waals surface area contributed by atoms with Gasteiger partial charge >= 0.3 is 0 Å². The molecule has 1 aromatic rings. The number of nitriles is 1. The Morgan fingerprint density at radius 1 is 1.35 bits per heavy atom. The minimum absolute atomic E-state index is 0.0854. The number of rotatable bonds is 4. The van der Waals surface area contributed by atoms with Gasteiger partial charge in [0.1, 0.15) is 11.9 Å². The van der Waals surface area contributed by atoms with Gasteiger partial charge in [-0.1, -0.05) is 26.8 Å². The molecular weight excluding hydrogens is 290 g/mol. The second kappa shape index (κ2) is 7.42. The molecular formula is C17H25N5O. The van der Waals surface area contributed by atoms with Gasteiger partial charge in [-0.15, -0.1) is 0 Å². The molecule has 2 heterocycles. The number of carbonyl (C=O) groups excluding carboxylic acids is 1. The fourth-order valence-electron chi connectivity index (χ4n) is 2.53. The summed E-state index contributed by atoms with van der Waals surface area (Å²) in [5.74, 6) is 0.895. The third kappa shape index (κ3) is 4.93. The zero-order valence-corrected chi connectivity index (χ0v) is 14.1. The number of aromatic nitrogens is 1. The van der Waals surface area contributed by atoms with E-state index < -0.39 is 6.04 Å². The number of pyridine rings is 1. The Morgan fingerprint density at radius 2 is 2.04 bits per heavy atom. The molecule has 23 heavy (non-hydrogen) atoms. The molecule has 1 amide bonds. The molecule has 1 aliphatic rings. The first-order chi connectivity index (χ1) is 10.9. The fraction of sp³-hybridized carbons (Fsp3) is 0.588. The zero-order chi connectivity index (χ0) is 16.9. The summed E-state index contributed by atoms with van der Waals surface area (Å²) in [7, 11) is 0. The molecule has 124 valence electrons. The van der Waals surface area contributed by atoms with Crippen molar-refractivity contribution in [1.82, 2.24) is 15.2 Å². The number of amides is 1. The lowest BCUT2D eigenvalue weighted by Gasteiger charge is -2.35. The molecule has 6 nitrogen and oxygen atoms in total. The van der Waals surface area contributed by atoms with Gasteiger partial charge in [-0.3, -0.25) is 9.69 Å². The normalized spacial score (nSPS) is 17.4. The van der Waals surface area contributed by atoms with Crippen LogP contribution >= 0.6 is 0 Å². The first-order valence-electron chi connectivity index (χ1n) is 7.97. The Labute approximate surface area is 138 Å². The number of nitrogens with zero attached hydrogens (tertiary/aromatic N) is 4. The zero-order valence-electron chi connectivity index (χ0n) is 14.1. The van der Waals surface area contributed by atoms with E-state index in [0.717, 1.165) is 32.0 Å². The predicted molar refractivity (Wildman–Crippen MR) is 89.9 cm³/mol. The quantitative estimate of drug-likeness (QED) is 0.905. The summed E-state index contributed by atoms with van der Waals surface area (Å²) in [5.41, 5.74) is -0.262. The van der Waals surface area contributed by atoms with Crippen molar-refractivity contribution in [3.05, 3.63) is 24.4 Å². The first kappa shape index (κ1) is 17.2.